The first-order valence-electron chi connectivity index (χ1n) is 3.34. The fraction of sp³-hybridized carbons (Fsp3) is 0.250. The molecule has 0 fully saturated rings. The van der Waals surface area contributed by atoms with Crippen LogP contribution in [0.5, 0.6) is 0 Å². The van der Waals surface area contributed by atoms with Gasteiger partial charge >= 0.3 is 5.97 Å². The van der Waals surface area contributed by atoms with Gasteiger partial charge in [-0.05, 0) is 13.0 Å². The molecule has 0 aromatic rings. The number of aliphatic hydroxyl groups is 1. The van der Waals surface area contributed by atoms with Crippen molar-refractivity contribution in [2.24, 2.45) is 5.73 Å². The number of aliphatic carboxylic acids is 1. The maximum absolute atomic E-state index is 9.47. The van der Waals surface area contributed by atoms with Gasteiger partial charge in [-0.25, -0.2) is 4.79 Å². The van der Waals surface area contributed by atoms with E-state index in [1.807, 2.05) is 0 Å². The average Bonchev–Trinajstić information content (AvgIpc) is 2.07. The fourth-order valence-corrected chi connectivity index (χ4v) is 0. The lowest BCUT2D eigenvalue weighted by Crippen LogP contribution is -2.04. The molecule has 0 spiro atoms. The Morgan fingerprint density at radius 2 is 1.54 bits per heavy atom. The molecule has 0 aliphatic carbocycles. The van der Waals surface area contributed by atoms with Crippen LogP contribution in [0.15, 0.2) is 25.3 Å². The maximum Gasteiger partial charge on any atom is 0.327 e. The van der Waals surface area contributed by atoms with E-state index in [0.29, 0.717) is 0 Å². The molecule has 0 unspecified atom stereocenters. The minimum absolute atomic E-state index is 0.250. The molecule has 13 heavy (non-hydrogen) atoms. The maximum atomic E-state index is 9.47. The number of nitrogens with two attached hydrogens (primary N) is 1. The molecule has 0 aliphatic heterocycles. The number of aliphatic hydroxyl groups excluding tert-OH is 1. The van der Waals surface area contributed by atoms with Crippen LogP contribution in [0.2, 0.25) is 0 Å². The predicted octanol–water partition coefficient (Wildman–Crippen LogP) is -0.0867. The van der Waals surface area contributed by atoms with Crippen LogP contribution >= 0.6 is 0 Å². The average molecular weight is 189 g/mol. The first-order chi connectivity index (χ1) is 5.95. The first kappa shape index (κ1) is 17.5. The van der Waals surface area contributed by atoms with E-state index < -0.39 is 11.9 Å². The number of carbonyl (C=O) groups excluding carboxylic acids is 1. The van der Waals surface area contributed by atoms with Gasteiger partial charge in [0, 0.05) is 12.7 Å². The van der Waals surface area contributed by atoms with E-state index >= 15 is 0 Å². The fourth-order valence-electron chi connectivity index (χ4n) is 0. The van der Waals surface area contributed by atoms with Crippen molar-refractivity contribution in [1.82, 2.24) is 0 Å². The smallest absolute Gasteiger partial charge is 0.327 e. The molecule has 0 heterocycles. The second-order valence-corrected chi connectivity index (χ2v) is 1.47. The third-order valence-electron chi connectivity index (χ3n) is 0.376. The molecule has 0 atom stereocenters. The Hall–Kier alpha value is -1.62. The molecule has 0 saturated carbocycles. The normalized spacial score (nSPS) is 6.31. The van der Waals surface area contributed by atoms with E-state index in [1.54, 1.807) is 6.92 Å². The molecule has 1 amide bonds. The van der Waals surface area contributed by atoms with Crippen molar-refractivity contribution in [3.05, 3.63) is 25.3 Å². The molecule has 0 aliphatic rings. The lowest BCUT2D eigenvalue weighted by Gasteiger charge is -1.65. The third kappa shape index (κ3) is 129. The number of amides is 1. The van der Waals surface area contributed by atoms with Crippen LogP contribution in [0, 0.1) is 0 Å². The van der Waals surface area contributed by atoms with Crippen molar-refractivity contribution < 1.29 is 19.8 Å². The highest BCUT2D eigenvalue weighted by Gasteiger charge is 1.73. The zero-order valence-electron chi connectivity index (χ0n) is 7.56. The van der Waals surface area contributed by atoms with Crippen LogP contribution in [-0.2, 0) is 9.59 Å². The van der Waals surface area contributed by atoms with Crippen molar-refractivity contribution in [3.63, 3.8) is 0 Å². The van der Waals surface area contributed by atoms with Gasteiger partial charge in [-0.3, -0.25) is 4.79 Å². The lowest BCUT2D eigenvalue weighted by molar-refractivity contribution is -0.131. The minimum atomic E-state index is -0.981. The minimum Gasteiger partial charge on any atom is -0.478 e. The molecule has 76 valence electrons. The van der Waals surface area contributed by atoms with E-state index in [2.05, 4.69) is 18.9 Å². The third-order valence-corrected chi connectivity index (χ3v) is 0.376. The Morgan fingerprint density at radius 1 is 1.38 bits per heavy atom. The van der Waals surface area contributed by atoms with E-state index in [4.69, 9.17) is 10.2 Å². The summed E-state index contributed by atoms with van der Waals surface area (Å²) in [6, 6.07) is 0. The van der Waals surface area contributed by atoms with E-state index in [-0.39, 0.29) is 6.61 Å². The first-order valence-corrected chi connectivity index (χ1v) is 3.34. The summed E-state index contributed by atoms with van der Waals surface area (Å²) in [6.45, 7) is 7.98. The van der Waals surface area contributed by atoms with Crippen molar-refractivity contribution >= 4 is 11.9 Å². The standard InChI is InChI=1S/C3H5NO.C3H4O2.C2H6O/c2*1-2-3(4)5;1-2-3/h2H,1H2,(H2,4,5);2H,1H2,(H,4,5);3H,2H2,1H3. The van der Waals surface area contributed by atoms with Gasteiger partial charge in [-0.15, -0.1) is 0 Å². The van der Waals surface area contributed by atoms with Gasteiger partial charge < -0.3 is 15.9 Å². The number of hydrogen-bond donors (Lipinski definition) is 3. The van der Waals surface area contributed by atoms with Crippen molar-refractivity contribution in [1.29, 1.82) is 0 Å². The summed E-state index contributed by atoms with van der Waals surface area (Å²) in [6.07, 6.45) is 1.89. The summed E-state index contributed by atoms with van der Waals surface area (Å²) in [5, 5.41) is 15.2. The lowest BCUT2D eigenvalue weighted by atomic mass is 10.6. The summed E-state index contributed by atoms with van der Waals surface area (Å²) in [4.78, 5) is 18.7. The van der Waals surface area contributed by atoms with E-state index in [0.717, 1.165) is 12.2 Å². The number of carboxylic acids is 1. The van der Waals surface area contributed by atoms with Crippen LogP contribution in [0.1, 0.15) is 6.92 Å². The summed E-state index contributed by atoms with van der Waals surface area (Å²) in [7, 11) is 0. The zero-order valence-corrected chi connectivity index (χ0v) is 7.56. The van der Waals surface area contributed by atoms with Crippen LogP contribution in [-0.4, -0.2) is 28.7 Å². The van der Waals surface area contributed by atoms with Crippen molar-refractivity contribution in [2.45, 2.75) is 6.92 Å². The van der Waals surface area contributed by atoms with Crippen LogP contribution < -0.4 is 5.73 Å². The second kappa shape index (κ2) is 16.8. The SMILES string of the molecule is C=CC(=O)O.C=CC(N)=O.CCO. The van der Waals surface area contributed by atoms with Crippen LogP contribution in [0.3, 0.4) is 0 Å². The molecule has 0 rings (SSSR count). The molecule has 0 aromatic heterocycles. The summed E-state index contributed by atoms with van der Waals surface area (Å²) < 4.78 is 0. The molecule has 4 N–H and O–H groups in total. The molecular weight excluding hydrogens is 174 g/mol. The number of rotatable bonds is 2. The Kier molecular flexibility index (Phi) is 22.5. The van der Waals surface area contributed by atoms with Gasteiger partial charge in [0.1, 0.15) is 0 Å². The summed E-state index contributed by atoms with van der Waals surface area (Å²) in [5.74, 6) is -1.46. The van der Waals surface area contributed by atoms with Crippen molar-refractivity contribution in [2.75, 3.05) is 6.61 Å². The zero-order chi connectivity index (χ0) is 11.3. The summed E-state index contributed by atoms with van der Waals surface area (Å²) in [5.41, 5.74) is 4.53. The van der Waals surface area contributed by atoms with Gasteiger partial charge in [0.15, 0.2) is 0 Å². The molecule has 5 nitrogen and oxygen atoms in total. The largest absolute Gasteiger partial charge is 0.478 e. The molecule has 0 bridgehead atoms. The Labute approximate surface area is 77.2 Å². The molecule has 0 aromatic carbocycles. The van der Waals surface area contributed by atoms with Gasteiger partial charge in [-0.2, -0.15) is 0 Å². The number of primary amides is 1. The molecule has 0 saturated heterocycles. The Balaban J connectivity index is -0.000000120. The molecule has 0 radical (unpaired) electrons. The van der Waals surface area contributed by atoms with E-state index in [9.17, 15) is 9.59 Å². The predicted molar refractivity (Wildman–Crippen MR) is 50.0 cm³/mol. The molecule has 5 heteroatoms. The number of carboxylic acid groups (broad SMARTS) is 1. The van der Waals surface area contributed by atoms with Crippen LogP contribution in [0.4, 0.5) is 0 Å². The highest BCUT2D eigenvalue weighted by atomic mass is 16.4. The monoisotopic (exact) mass is 189 g/mol. The van der Waals surface area contributed by atoms with Gasteiger partial charge in [0.05, 0.1) is 0 Å². The van der Waals surface area contributed by atoms with E-state index in [1.165, 1.54) is 0 Å². The Morgan fingerprint density at radius 3 is 1.54 bits per heavy atom. The molecular formula is C8H15NO4. The highest BCUT2D eigenvalue weighted by molar-refractivity contribution is 5.84. The van der Waals surface area contributed by atoms with Gasteiger partial charge in [-0.1, -0.05) is 13.2 Å². The topological polar surface area (TPSA) is 101 Å². The second-order valence-electron chi connectivity index (χ2n) is 1.47. The number of hydrogen-bond acceptors (Lipinski definition) is 3. The number of carbonyl (C=O) groups is 2. The highest BCUT2D eigenvalue weighted by Crippen LogP contribution is 1.54. The quantitative estimate of drug-likeness (QED) is 0.528. The van der Waals surface area contributed by atoms with Crippen LogP contribution in [0.25, 0.3) is 0 Å². The van der Waals surface area contributed by atoms with Gasteiger partial charge in [0.25, 0.3) is 0 Å². The van der Waals surface area contributed by atoms with Crippen molar-refractivity contribution in [3.8, 4) is 0 Å². The Bertz CT molecular complexity index is 148. The van der Waals surface area contributed by atoms with Gasteiger partial charge in [0.2, 0.25) is 5.91 Å². The summed E-state index contributed by atoms with van der Waals surface area (Å²) >= 11 is 0.